The summed E-state index contributed by atoms with van der Waals surface area (Å²) in [5.74, 6) is 1.00. The van der Waals surface area contributed by atoms with Crippen LogP contribution in [0.4, 0.5) is 0 Å². The maximum absolute atomic E-state index is 12.7. The van der Waals surface area contributed by atoms with E-state index < -0.39 is 15.9 Å². The quantitative estimate of drug-likeness (QED) is 0.690. The summed E-state index contributed by atoms with van der Waals surface area (Å²) in [6, 6.07) is 13.5. The predicted molar refractivity (Wildman–Crippen MR) is 108 cm³/mol. The summed E-state index contributed by atoms with van der Waals surface area (Å²) in [4.78, 5) is 13.0. The van der Waals surface area contributed by atoms with Crippen molar-refractivity contribution < 1.29 is 22.7 Å². The minimum Gasteiger partial charge on any atom is -0.497 e. The highest BCUT2D eigenvalue weighted by atomic mass is 32.2. The van der Waals surface area contributed by atoms with Crippen LogP contribution in [0.5, 0.6) is 11.5 Å². The number of nitrogens with one attached hydrogen (secondary N) is 1. The van der Waals surface area contributed by atoms with Gasteiger partial charge in [0, 0.05) is 12.3 Å². The second kappa shape index (κ2) is 9.59. The largest absolute Gasteiger partial charge is 0.497 e. The van der Waals surface area contributed by atoms with Gasteiger partial charge in [-0.3, -0.25) is 4.79 Å². The molecule has 0 fully saturated rings. The first kappa shape index (κ1) is 21.8. The molecule has 0 aliphatic heterocycles. The first-order chi connectivity index (χ1) is 13.3. The summed E-state index contributed by atoms with van der Waals surface area (Å²) in [5, 5.41) is 3.00. The fourth-order valence-corrected chi connectivity index (χ4v) is 3.42. The fraction of sp³-hybridized carbons (Fsp3) is 0.381. The molecule has 0 aromatic heterocycles. The van der Waals surface area contributed by atoms with Gasteiger partial charge in [0.15, 0.2) is 15.9 Å². The molecule has 0 bridgehead atoms. The van der Waals surface area contributed by atoms with Gasteiger partial charge in [-0.2, -0.15) is 0 Å². The molecule has 2 atom stereocenters. The Labute approximate surface area is 166 Å². The molecule has 0 aliphatic carbocycles. The van der Waals surface area contributed by atoms with Gasteiger partial charge >= 0.3 is 0 Å². The van der Waals surface area contributed by atoms with E-state index in [1.807, 2.05) is 13.8 Å². The van der Waals surface area contributed by atoms with Gasteiger partial charge in [-0.25, -0.2) is 8.42 Å². The molecular formula is C21H27NO5S. The number of methoxy groups -OCH3 is 1. The Morgan fingerprint density at radius 1 is 1.04 bits per heavy atom. The molecule has 2 rings (SSSR count). The summed E-state index contributed by atoms with van der Waals surface area (Å²) >= 11 is 0. The summed E-state index contributed by atoms with van der Waals surface area (Å²) in [7, 11) is -1.68. The van der Waals surface area contributed by atoms with Crippen molar-refractivity contribution in [3.63, 3.8) is 0 Å². The lowest BCUT2D eigenvalue weighted by Gasteiger charge is -2.22. The first-order valence-corrected chi connectivity index (χ1v) is 11.1. The first-order valence-electron chi connectivity index (χ1n) is 9.19. The Bertz CT molecular complexity index is 893. The van der Waals surface area contributed by atoms with Crippen molar-refractivity contribution in [1.29, 1.82) is 0 Å². The zero-order valence-corrected chi connectivity index (χ0v) is 17.5. The molecule has 2 aromatic rings. The number of benzene rings is 2. The summed E-state index contributed by atoms with van der Waals surface area (Å²) in [6.07, 6.45) is 1.70. The molecule has 0 unspecified atom stereocenters. The van der Waals surface area contributed by atoms with E-state index in [0.717, 1.165) is 5.56 Å². The van der Waals surface area contributed by atoms with Crippen LogP contribution in [0.15, 0.2) is 53.4 Å². The number of rotatable bonds is 9. The van der Waals surface area contributed by atoms with Gasteiger partial charge in [-0.15, -0.1) is 0 Å². The van der Waals surface area contributed by atoms with Crippen LogP contribution in [-0.2, 0) is 14.6 Å². The SMILES string of the molecule is CC[C@@H](Oc1cccc(OC)c1)C(=O)N[C@H](CC)c1ccc(S(C)(=O)=O)cc1. The predicted octanol–water partition coefficient (Wildman–Crippen LogP) is 3.52. The highest BCUT2D eigenvalue weighted by molar-refractivity contribution is 7.90. The van der Waals surface area contributed by atoms with Crippen LogP contribution in [0.2, 0.25) is 0 Å². The number of carbonyl (C=O) groups is 1. The molecule has 0 spiro atoms. The van der Waals surface area contributed by atoms with Crippen LogP contribution in [0, 0.1) is 0 Å². The molecule has 1 amide bonds. The van der Waals surface area contributed by atoms with E-state index in [2.05, 4.69) is 5.32 Å². The Morgan fingerprint density at radius 3 is 2.21 bits per heavy atom. The fourth-order valence-electron chi connectivity index (χ4n) is 2.79. The van der Waals surface area contributed by atoms with E-state index >= 15 is 0 Å². The Kier molecular flexibility index (Phi) is 7.45. The van der Waals surface area contributed by atoms with Crippen LogP contribution < -0.4 is 14.8 Å². The minimum absolute atomic E-state index is 0.218. The topological polar surface area (TPSA) is 81.7 Å². The van der Waals surface area contributed by atoms with Gasteiger partial charge in [0.05, 0.1) is 18.0 Å². The molecular weight excluding hydrogens is 378 g/mol. The van der Waals surface area contributed by atoms with Crippen molar-refractivity contribution >= 4 is 15.7 Å². The zero-order valence-electron chi connectivity index (χ0n) is 16.6. The second-order valence-corrected chi connectivity index (χ2v) is 8.52. The second-order valence-electron chi connectivity index (χ2n) is 6.50. The summed E-state index contributed by atoms with van der Waals surface area (Å²) < 4.78 is 34.2. The van der Waals surface area contributed by atoms with E-state index in [1.54, 1.807) is 55.6 Å². The molecule has 7 heteroatoms. The maximum atomic E-state index is 12.7. The van der Waals surface area contributed by atoms with Crippen LogP contribution in [0.25, 0.3) is 0 Å². The Morgan fingerprint density at radius 2 is 1.68 bits per heavy atom. The molecule has 1 N–H and O–H groups in total. The minimum atomic E-state index is -3.25. The van der Waals surface area contributed by atoms with Crippen LogP contribution in [-0.4, -0.2) is 33.8 Å². The van der Waals surface area contributed by atoms with Gasteiger partial charge in [-0.1, -0.05) is 32.0 Å². The number of sulfone groups is 1. The number of hydrogen-bond donors (Lipinski definition) is 1. The van der Waals surface area contributed by atoms with Crippen molar-refractivity contribution in [2.24, 2.45) is 0 Å². The van der Waals surface area contributed by atoms with Gasteiger partial charge in [0.2, 0.25) is 0 Å². The number of carbonyl (C=O) groups excluding carboxylic acids is 1. The summed E-state index contributed by atoms with van der Waals surface area (Å²) in [6.45, 7) is 3.84. The van der Waals surface area contributed by atoms with Gasteiger partial charge in [-0.05, 0) is 42.7 Å². The lowest BCUT2D eigenvalue weighted by molar-refractivity contribution is -0.129. The average molecular weight is 406 g/mol. The third kappa shape index (κ3) is 5.73. The Hall–Kier alpha value is -2.54. The monoisotopic (exact) mass is 405 g/mol. The number of amides is 1. The van der Waals surface area contributed by atoms with Crippen molar-refractivity contribution in [1.82, 2.24) is 5.32 Å². The molecule has 2 aromatic carbocycles. The molecule has 152 valence electrons. The molecule has 0 saturated heterocycles. The van der Waals surface area contributed by atoms with Crippen molar-refractivity contribution in [3.8, 4) is 11.5 Å². The van der Waals surface area contributed by atoms with Crippen molar-refractivity contribution in [2.45, 2.75) is 43.7 Å². The molecule has 6 nitrogen and oxygen atoms in total. The average Bonchev–Trinajstić information content (AvgIpc) is 2.69. The van der Waals surface area contributed by atoms with Gasteiger partial charge < -0.3 is 14.8 Å². The molecule has 0 aliphatic rings. The lowest BCUT2D eigenvalue weighted by Crippen LogP contribution is -2.39. The van der Waals surface area contributed by atoms with Crippen LogP contribution >= 0.6 is 0 Å². The molecule has 0 radical (unpaired) electrons. The van der Waals surface area contributed by atoms with Crippen LogP contribution in [0.1, 0.15) is 38.3 Å². The number of hydrogen-bond acceptors (Lipinski definition) is 5. The maximum Gasteiger partial charge on any atom is 0.261 e. The van der Waals surface area contributed by atoms with Crippen molar-refractivity contribution in [3.05, 3.63) is 54.1 Å². The molecule has 0 heterocycles. The van der Waals surface area contributed by atoms with Crippen molar-refractivity contribution in [2.75, 3.05) is 13.4 Å². The van der Waals surface area contributed by atoms with E-state index in [4.69, 9.17) is 9.47 Å². The van der Waals surface area contributed by atoms with Gasteiger partial charge in [0.1, 0.15) is 11.5 Å². The third-order valence-corrected chi connectivity index (χ3v) is 5.55. The normalized spacial score (nSPS) is 13.4. The van der Waals surface area contributed by atoms with E-state index in [0.29, 0.717) is 24.3 Å². The van der Waals surface area contributed by atoms with Gasteiger partial charge in [0.25, 0.3) is 5.91 Å². The molecule has 0 saturated carbocycles. The Balaban J connectivity index is 2.10. The highest BCUT2D eigenvalue weighted by Gasteiger charge is 2.22. The lowest BCUT2D eigenvalue weighted by atomic mass is 10.0. The smallest absolute Gasteiger partial charge is 0.261 e. The van der Waals surface area contributed by atoms with E-state index in [9.17, 15) is 13.2 Å². The molecule has 28 heavy (non-hydrogen) atoms. The number of ether oxygens (including phenoxy) is 2. The zero-order chi connectivity index (χ0) is 20.7. The van der Waals surface area contributed by atoms with E-state index in [1.165, 1.54) is 6.26 Å². The van der Waals surface area contributed by atoms with Crippen LogP contribution in [0.3, 0.4) is 0 Å². The summed E-state index contributed by atoms with van der Waals surface area (Å²) in [5.41, 5.74) is 0.847. The highest BCUT2D eigenvalue weighted by Crippen LogP contribution is 2.22. The third-order valence-electron chi connectivity index (χ3n) is 4.42. The standard InChI is InChI=1S/C21H27NO5S/c1-5-19(15-10-12-18(13-11-15)28(4,24)25)22-21(23)20(6-2)27-17-9-7-8-16(14-17)26-3/h7-14,19-20H,5-6H2,1-4H3,(H,22,23)/t19-,20-/m1/s1. The van der Waals surface area contributed by atoms with E-state index in [-0.39, 0.29) is 16.8 Å².